The van der Waals surface area contributed by atoms with Crippen molar-refractivity contribution >= 4 is 5.97 Å². The molecule has 1 N–H and O–H groups in total. The monoisotopic (exact) mass is 482 g/mol. The van der Waals surface area contributed by atoms with Crippen molar-refractivity contribution in [1.82, 2.24) is 0 Å². The molecule has 0 spiro atoms. The van der Waals surface area contributed by atoms with Gasteiger partial charge in [-0.2, -0.15) is 8.78 Å². The summed E-state index contributed by atoms with van der Waals surface area (Å²) >= 11 is 0. The lowest BCUT2D eigenvalue weighted by Crippen LogP contribution is -2.66. The second-order valence-electron chi connectivity index (χ2n) is 8.52. The van der Waals surface area contributed by atoms with Gasteiger partial charge in [-0.1, -0.05) is 53.4 Å². The largest absolute Gasteiger partial charge is 0.477 e. The third-order valence-corrected chi connectivity index (χ3v) is 5.63. The molecule has 1 rings (SSSR count). The van der Waals surface area contributed by atoms with E-state index in [1.54, 1.807) is 0 Å². The molecular weight excluding hydrogens is 438 g/mol. The number of hydrogen-bond donors (Lipinski definition) is 1. The normalized spacial score (nSPS) is 25.9. The third-order valence-electron chi connectivity index (χ3n) is 5.63. The van der Waals surface area contributed by atoms with Crippen molar-refractivity contribution in [2.45, 2.75) is 116 Å². The van der Waals surface area contributed by atoms with Crippen molar-refractivity contribution in [3.63, 3.8) is 0 Å². The Morgan fingerprint density at radius 2 is 1.24 bits per heavy atom. The molecule has 1 aliphatic rings. The van der Waals surface area contributed by atoms with Crippen molar-refractivity contribution < 1.29 is 42.4 Å². The van der Waals surface area contributed by atoms with Crippen molar-refractivity contribution in [3.8, 4) is 0 Å². The summed E-state index contributed by atoms with van der Waals surface area (Å²) in [5.74, 6) is -6.40. The summed E-state index contributed by atoms with van der Waals surface area (Å²) in [4.78, 5) is 11.5. The van der Waals surface area contributed by atoms with Gasteiger partial charge in [0.1, 0.15) is 24.4 Å². The van der Waals surface area contributed by atoms with Gasteiger partial charge < -0.3 is 28.8 Å². The molecule has 7 nitrogen and oxygen atoms in total. The van der Waals surface area contributed by atoms with Crippen LogP contribution in [0.4, 0.5) is 8.78 Å². The Bertz CT molecular complexity index is 521. The number of carboxylic acids is 1. The molecule has 0 aromatic heterocycles. The SMILES string of the molecule is CCCCOC[C@H]1O[C@@H](C(F)(F)C(=O)O)[C@H](OCCCC)[C@@H](OCCCC)[C@@H]1OCCCC. The molecule has 0 amide bonds. The summed E-state index contributed by atoms with van der Waals surface area (Å²) in [5, 5.41) is 9.27. The number of aliphatic carboxylic acids is 1. The van der Waals surface area contributed by atoms with Crippen molar-refractivity contribution in [2.75, 3.05) is 33.0 Å². The fourth-order valence-corrected chi connectivity index (χ4v) is 3.57. The van der Waals surface area contributed by atoms with E-state index >= 15 is 0 Å². The minimum Gasteiger partial charge on any atom is -0.477 e. The molecule has 1 aliphatic heterocycles. The van der Waals surface area contributed by atoms with Crippen LogP contribution in [-0.2, 0) is 28.5 Å². The Kier molecular flexibility index (Phi) is 15.3. The molecule has 0 aromatic rings. The quantitative estimate of drug-likeness (QED) is 0.264. The van der Waals surface area contributed by atoms with Gasteiger partial charge in [0.05, 0.1) is 6.61 Å². The van der Waals surface area contributed by atoms with E-state index in [1.165, 1.54) is 0 Å². The first-order valence-electron chi connectivity index (χ1n) is 12.5. The lowest BCUT2D eigenvalue weighted by atomic mass is 9.91. The van der Waals surface area contributed by atoms with Crippen LogP contribution in [0.2, 0.25) is 0 Å². The van der Waals surface area contributed by atoms with Crippen LogP contribution in [0.15, 0.2) is 0 Å². The van der Waals surface area contributed by atoms with E-state index in [4.69, 9.17) is 23.7 Å². The molecule has 0 unspecified atom stereocenters. The van der Waals surface area contributed by atoms with Crippen LogP contribution in [0.25, 0.3) is 0 Å². The molecule has 5 atom stereocenters. The topological polar surface area (TPSA) is 83.5 Å². The lowest BCUT2D eigenvalue weighted by Gasteiger charge is -2.47. The highest BCUT2D eigenvalue weighted by molar-refractivity contribution is 5.76. The van der Waals surface area contributed by atoms with Crippen LogP contribution in [0.1, 0.15) is 79.1 Å². The molecule has 1 saturated heterocycles. The number of ether oxygens (including phenoxy) is 5. The Labute approximate surface area is 197 Å². The highest BCUT2D eigenvalue weighted by Gasteiger charge is 2.60. The molecular formula is C24H44F2O7. The second-order valence-corrected chi connectivity index (χ2v) is 8.52. The Morgan fingerprint density at radius 1 is 0.788 bits per heavy atom. The van der Waals surface area contributed by atoms with Crippen molar-refractivity contribution in [1.29, 1.82) is 0 Å². The average Bonchev–Trinajstić information content (AvgIpc) is 2.78. The number of carboxylic acid groups (broad SMARTS) is 1. The molecule has 0 radical (unpaired) electrons. The summed E-state index contributed by atoms with van der Waals surface area (Å²) in [6.45, 7) is 9.42. The Morgan fingerprint density at radius 3 is 1.73 bits per heavy atom. The first kappa shape index (κ1) is 30.2. The van der Waals surface area contributed by atoms with E-state index < -0.39 is 42.4 Å². The lowest BCUT2D eigenvalue weighted by molar-refractivity contribution is -0.302. The molecule has 196 valence electrons. The van der Waals surface area contributed by atoms with Gasteiger partial charge in [-0.15, -0.1) is 0 Å². The van der Waals surface area contributed by atoms with E-state index in [0.717, 1.165) is 44.9 Å². The molecule has 0 bridgehead atoms. The van der Waals surface area contributed by atoms with Gasteiger partial charge in [0.25, 0.3) is 0 Å². The molecule has 33 heavy (non-hydrogen) atoms. The van der Waals surface area contributed by atoms with Gasteiger partial charge in [-0.05, 0) is 25.7 Å². The summed E-state index contributed by atoms with van der Waals surface area (Å²) in [6, 6.07) is 0. The first-order chi connectivity index (χ1) is 15.8. The van der Waals surface area contributed by atoms with Crippen LogP contribution in [-0.4, -0.2) is 80.6 Å². The van der Waals surface area contributed by atoms with Crippen LogP contribution in [0.3, 0.4) is 0 Å². The van der Waals surface area contributed by atoms with Gasteiger partial charge in [-0.3, -0.25) is 0 Å². The fourth-order valence-electron chi connectivity index (χ4n) is 3.57. The zero-order valence-corrected chi connectivity index (χ0v) is 20.7. The predicted octanol–water partition coefficient (Wildman–Crippen LogP) is 4.85. The van der Waals surface area contributed by atoms with E-state index in [1.807, 2.05) is 27.7 Å². The summed E-state index contributed by atoms with van der Waals surface area (Å²) in [6.07, 6.45) is 0.710. The number of rotatable bonds is 19. The number of alkyl halides is 2. The average molecular weight is 483 g/mol. The zero-order chi connectivity index (χ0) is 24.7. The van der Waals surface area contributed by atoms with E-state index in [-0.39, 0.29) is 13.2 Å². The third kappa shape index (κ3) is 9.72. The second kappa shape index (κ2) is 16.7. The molecule has 0 saturated carbocycles. The summed E-state index contributed by atoms with van der Waals surface area (Å²) in [7, 11) is 0. The van der Waals surface area contributed by atoms with Gasteiger partial charge >= 0.3 is 11.9 Å². The van der Waals surface area contributed by atoms with E-state index in [9.17, 15) is 18.7 Å². The Balaban J connectivity index is 3.26. The van der Waals surface area contributed by atoms with Crippen LogP contribution in [0.5, 0.6) is 0 Å². The maximum Gasteiger partial charge on any atom is 0.377 e. The van der Waals surface area contributed by atoms with Crippen molar-refractivity contribution in [2.24, 2.45) is 0 Å². The fraction of sp³-hybridized carbons (Fsp3) is 0.958. The molecule has 1 heterocycles. The van der Waals surface area contributed by atoms with Crippen LogP contribution >= 0.6 is 0 Å². The van der Waals surface area contributed by atoms with E-state index in [0.29, 0.717) is 26.2 Å². The standard InChI is InChI=1S/C24H44F2O7/c1-5-9-13-29-17-18-19(30-14-10-6-2)20(31-15-11-7-3)21(32-16-12-8-4)22(33-18)24(25,26)23(27)28/h18-22H,5-17H2,1-4H3,(H,27,28)/t18-,19-,20+,21-,22-/m1/s1. The molecule has 0 aromatic carbocycles. The van der Waals surface area contributed by atoms with Crippen molar-refractivity contribution in [3.05, 3.63) is 0 Å². The van der Waals surface area contributed by atoms with Gasteiger partial charge in [0.15, 0.2) is 6.10 Å². The minimum absolute atomic E-state index is 0.0122. The van der Waals surface area contributed by atoms with Gasteiger partial charge in [-0.25, -0.2) is 4.79 Å². The van der Waals surface area contributed by atoms with Gasteiger partial charge in [0.2, 0.25) is 0 Å². The maximum atomic E-state index is 14.9. The Hall–Kier alpha value is -0.870. The van der Waals surface area contributed by atoms with E-state index in [2.05, 4.69) is 0 Å². The number of halogens is 2. The first-order valence-corrected chi connectivity index (χ1v) is 12.5. The molecule has 0 aliphatic carbocycles. The highest BCUT2D eigenvalue weighted by Crippen LogP contribution is 2.37. The predicted molar refractivity (Wildman–Crippen MR) is 121 cm³/mol. The maximum absolute atomic E-state index is 14.9. The molecule has 9 heteroatoms. The smallest absolute Gasteiger partial charge is 0.377 e. The number of carbonyl (C=O) groups is 1. The zero-order valence-electron chi connectivity index (χ0n) is 20.7. The molecule has 1 fully saturated rings. The van der Waals surface area contributed by atoms with Crippen LogP contribution < -0.4 is 0 Å². The van der Waals surface area contributed by atoms with Gasteiger partial charge in [0, 0.05) is 26.4 Å². The minimum atomic E-state index is -4.15. The summed E-state index contributed by atoms with van der Waals surface area (Å²) in [5.41, 5.74) is 0. The number of hydrogen-bond acceptors (Lipinski definition) is 6. The number of unbranched alkanes of at least 4 members (excludes halogenated alkanes) is 4. The highest BCUT2D eigenvalue weighted by atomic mass is 19.3. The van der Waals surface area contributed by atoms with Crippen LogP contribution in [0, 0.1) is 0 Å². The summed E-state index contributed by atoms with van der Waals surface area (Å²) < 4.78 is 59.1.